The number of hydrogen-bond donors (Lipinski definition) is 1. The van der Waals surface area contributed by atoms with Crippen molar-refractivity contribution in [2.24, 2.45) is 0 Å². The van der Waals surface area contributed by atoms with Crippen LogP contribution in [0, 0.1) is 0 Å². The first-order chi connectivity index (χ1) is 9.52. The van der Waals surface area contributed by atoms with Crippen LogP contribution in [0.3, 0.4) is 0 Å². The molecule has 5 nitrogen and oxygen atoms in total. The lowest BCUT2D eigenvalue weighted by atomic mass is 10.2. The van der Waals surface area contributed by atoms with E-state index in [-0.39, 0.29) is 6.10 Å². The summed E-state index contributed by atoms with van der Waals surface area (Å²) in [5.41, 5.74) is 0.753. The van der Waals surface area contributed by atoms with Crippen LogP contribution in [0.2, 0.25) is 0 Å². The molecule has 6 heteroatoms. The molecule has 1 N–H and O–H groups in total. The van der Waals surface area contributed by atoms with Crippen molar-refractivity contribution in [3.63, 3.8) is 0 Å². The molecule has 2 rings (SSSR count). The molecule has 0 bridgehead atoms. The summed E-state index contributed by atoms with van der Waals surface area (Å²) < 4.78 is 32.2. The minimum Gasteiger partial charge on any atom is -0.486 e. The van der Waals surface area contributed by atoms with Crippen LogP contribution in [0.15, 0.2) is 23.1 Å². The number of benzene rings is 1. The molecule has 0 spiro atoms. The number of anilines is 1. The van der Waals surface area contributed by atoms with E-state index < -0.39 is 10.0 Å². The predicted molar refractivity (Wildman–Crippen MR) is 79.7 cm³/mol. The Labute approximate surface area is 121 Å². The zero-order chi connectivity index (χ0) is 14.8. The Morgan fingerprint density at radius 1 is 1.30 bits per heavy atom. The Morgan fingerprint density at radius 2 is 2.00 bits per heavy atom. The summed E-state index contributed by atoms with van der Waals surface area (Å²) in [4.78, 5) is 0.311. The van der Waals surface area contributed by atoms with Crippen molar-refractivity contribution < 1.29 is 13.2 Å². The van der Waals surface area contributed by atoms with Crippen molar-refractivity contribution >= 4 is 15.7 Å². The average Bonchev–Trinajstić information content (AvgIpc) is 2.47. The van der Waals surface area contributed by atoms with Gasteiger partial charge in [-0.05, 0) is 24.6 Å². The van der Waals surface area contributed by atoms with Crippen LogP contribution >= 0.6 is 0 Å². The molecule has 112 valence electrons. The Bertz CT molecular complexity index is 568. The molecule has 20 heavy (non-hydrogen) atoms. The summed E-state index contributed by atoms with van der Waals surface area (Å²) in [6, 6.07) is 5.02. The van der Waals surface area contributed by atoms with Gasteiger partial charge in [0, 0.05) is 13.1 Å². The first-order valence-corrected chi connectivity index (χ1v) is 8.51. The highest BCUT2D eigenvalue weighted by Crippen LogP contribution is 2.32. The van der Waals surface area contributed by atoms with Crippen molar-refractivity contribution in [3.05, 3.63) is 18.2 Å². The van der Waals surface area contributed by atoms with Crippen molar-refractivity contribution in [1.82, 2.24) is 4.31 Å². The maximum atomic E-state index is 12.5. The van der Waals surface area contributed by atoms with Gasteiger partial charge in [0.1, 0.15) is 11.9 Å². The van der Waals surface area contributed by atoms with Gasteiger partial charge in [0.05, 0.1) is 17.1 Å². The molecule has 0 radical (unpaired) electrons. The van der Waals surface area contributed by atoms with Crippen LogP contribution in [-0.4, -0.2) is 38.5 Å². The molecule has 1 aliphatic rings. The lowest BCUT2D eigenvalue weighted by molar-refractivity contribution is 0.201. The molecule has 0 amide bonds. The summed E-state index contributed by atoms with van der Waals surface area (Å²) in [6.45, 7) is 7.39. The highest BCUT2D eigenvalue weighted by Gasteiger charge is 2.25. The van der Waals surface area contributed by atoms with Crippen molar-refractivity contribution in [2.75, 3.05) is 25.0 Å². The molecule has 1 atom stereocenters. The zero-order valence-electron chi connectivity index (χ0n) is 12.2. The number of nitrogens with zero attached hydrogens (tertiary/aromatic N) is 1. The topological polar surface area (TPSA) is 58.6 Å². The molecular formula is C14H22N2O3S. The fourth-order valence-electron chi connectivity index (χ4n) is 2.30. The number of sulfonamides is 1. The van der Waals surface area contributed by atoms with E-state index in [0.717, 1.165) is 17.9 Å². The number of fused-ring (bicyclic) bond motifs is 1. The first-order valence-electron chi connectivity index (χ1n) is 7.07. The summed E-state index contributed by atoms with van der Waals surface area (Å²) in [5, 5.41) is 3.24. The molecule has 1 aromatic carbocycles. The van der Waals surface area contributed by atoms with Crippen LogP contribution in [0.4, 0.5) is 5.69 Å². The summed E-state index contributed by atoms with van der Waals surface area (Å²) >= 11 is 0. The van der Waals surface area contributed by atoms with E-state index in [4.69, 9.17) is 4.74 Å². The molecule has 1 unspecified atom stereocenters. The van der Waals surface area contributed by atoms with Gasteiger partial charge in [-0.25, -0.2) is 8.42 Å². The largest absolute Gasteiger partial charge is 0.486 e. The normalized spacial score (nSPS) is 18.3. The lowest BCUT2D eigenvalue weighted by Crippen LogP contribution is -2.32. The van der Waals surface area contributed by atoms with Gasteiger partial charge < -0.3 is 10.1 Å². The Balaban J connectivity index is 2.33. The minimum absolute atomic E-state index is 0.146. The molecule has 1 heterocycles. The standard InChI is InChI=1S/C14H22N2O3S/c1-4-11-10-15-13-9-12(7-8-14(13)19-11)20(17,18)16(5-2)6-3/h7-9,11,15H,4-6,10H2,1-3H3. The smallest absolute Gasteiger partial charge is 0.243 e. The number of nitrogens with one attached hydrogen (secondary N) is 1. The fraction of sp³-hybridized carbons (Fsp3) is 0.571. The van der Waals surface area contributed by atoms with Crippen molar-refractivity contribution in [2.45, 2.75) is 38.2 Å². The third kappa shape index (κ3) is 2.76. The maximum Gasteiger partial charge on any atom is 0.243 e. The minimum atomic E-state index is -3.42. The van der Waals surface area contributed by atoms with E-state index in [0.29, 0.717) is 24.5 Å². The third-order valence-electron chi connectivity index (χ3n) is 3.56. The van der Waals surface area contributed by atoms with E-state index in [2.05, 4.69) is 12.2 Å². The quantitative estimate of drug-likeness (QED) is 0.906. The van der Waals surface area contributed by atoms with Crippen LogP contribution in [0.5, 0.6) is 5.75 Å². The number of ether oxygens (including phenoxy) is 1. The Hall–Kier alpha value is -1.27. The van der Waals surface area contributed by atoms with Gasteiger partial charge in [-0.15, -0.1) is 0 Å². The summed E-state index contributed by atoms with van der Waals surface area (Å²) in [6.07, 6.45) is 1.07. The van der Waals surface area contributed by atoms with Gasteiger partial charge >= 0.3 is 0 Å². The second kappa shape index (κ2) is 6.01. The van der Waals surface area contributed by atoms with Crippen LogP contribution in [0.25, 0.3) is 0 Å². The van der Waals surface area contributed by atoms with Crippen molar-refractivity contribution in [3.8, 4) is 5.75 Å². The molecule has 1 aliphatic heterocycles. The van der Waals surface area contributed by atoms with E-state index in [1.807, 2.05) is 13.8 Å². The van der Waals surface area contributed by atoms with E-state index in [1.165, 1.54) is 4.31 Å². The van der Waals surface area contributed by atoms with Gasteiger partial charge in [-0.3, -0.25) is 0 Å². The van der Waals surface area contributed by atoms with E-state index in [9.17, 15) is 8.42 Å². The average molecular weight is 298 g/mol. The Kier molecular flexibility index (Phi) is 4.55. The zero-order valence-corrected chi connectivity index (χ0v) is 13.0. The lowest BCUT2D eigenvalue weighted by Gasteiger charge is -2.27. The third-order valence-corrected chi connectivity index (χ3v) is 5.61. The van der Waals surface area contributed by atoms with Crippen LogP contribution < -0.4 is 10.1 Å². The van der Waals surface area contributed by atoms with E-state index >= 15 is 0 Å². The predicted octanol–water partition coefficient (Wildman–Crippen LogP) is 2.30. The van der Waals surface area contributed by atoms with Gasteiger partial charge in [-0.1, -0.05) is 20.8 Å². The monoisotopic (exact) mass is 298 g/mol. The second-order valence-electron chi connectivity index (χ2n) is 4.78. The molecule has 0 aromatic heterocycles. The molecular weight excluding hydrogens is 276 g/mol. The summed E-state index contributed by atoms with van der Waals surface area (Å²) in [7, 11) is -3.42. The molecule has 0 saturated heterocycles. The molecule has 1 aromatic rings. The highest BCUT2D eigenvalue weighted by atomic mass is 32.2. The van der Waals surface area contributed by atoms with Crippen LogP contribution in [0.1, 0.15) is 27.2 Å². The highest BCUT2D eigenvalue weighted by molar-refractivity contribution is 7.89. The van der Waals surface area contributed by atoms with E-state index in [1.54, 1.807) is 18.2 Å². The number of hydrogen-bond acceptors (Lipinski definition) is 4. The molecule has 0 saturated carbocycles. The second-order valence-corrected chi connectivity index (χ2v) is 6.71. The first kappa shape index (κ1) is 15.1. The maximum absolute atomic E-state index is 12.5. The van der Waals surface area contributed by atoms with Gasteiger partial charge in [-0.2, -0.15) is 4.31 Å². The van der Waals surface area contributed by atoms with Crippen molar-refractivity contribution in [1.29, 1.82) is 0 Å². The fourth-order valence-corrected chi connectivity index (χ4v) is 3.78. The summed E-state index contributed by atoms with van der Waals surface area (Å²) in [5.74, 6) is 0.724. The van der Waals surface area contributed by atoms with Gasteiger partial charge in [0.15, 0.2) is 0 Å². The number of rotatable bonds is 5. The van der Waals surface area contributed by atoms with Crippen LogP contribution in [-0.2, 0) is 10.0 Å². The molecule has 0 fully saturated rings. The SMILES string of the molecule is CCC1CNc2cc(S(=O)(=O)N(CC)CC)ccc2O1. The van der Waals surface area contributed by atoms with Gasteiger partial charge in [0.2, 0.25) is 10.0 Å². The molecule has 0 aliphatic carbocycles. The van der Waals surface area contributed by atoms with Gasteiger partial charge in [0.25, 0.3) is 0 Å². The Morgan fingerprint density at radius 3 is 2.60 bits per heavy atom.